The summed E-state index contributed by atoms with van der Waals surface area (Å²) in [5, 5.41) is 3.72. The lowest BCUT2D eigenvalue weighted by Crippen LogP contribution is -2.49. The minimum Gasteiger partial charge on any atom is -0.339 e. The molecule has 0 radical (unpaired) electrons. The summed E-state index contributed by atoms with van der Waals surface area (Å²) in [7, 11) is 1.64. The van der Waals surface area contributed by atoms with Crippen LogP contribution in [0.15, 0.2) is 18.2 Å². The Morgan fingerprint density at radius 3 is 2.50 bits per heavy atom. The van der Waals surface area contributed by atoms with Gasteiger partial charge in [-0.15, -0.1) is 12.4 Å². The van der Waals surface area contributed by atoms with E-state index in [1.807, 2.05) is 6.92 Å². The van der Waals surface area contributed by atoms with Gasteiger partial charge in [0.05, 0.1) is 6.54 Å². The van der Waals surface area contributed by atoms with E-state index in [0.29, 0.717) is 23.7 Å². The smallest absolute Gasteiger partial charge is 0.254 e. The lowest BCUT2D eigenvalue weighted by Gasteiger charge is -2.29. The van der Waals surface area contributed by atoms with Crippen LogP contribution in [0.5, 0.6) is 0 Å². The third-order valence-electron chi connectivity index (χ3n) is 3.48. The quantitative estimate of drug-likeness (QED) is 0.904. The summed E-state index contributed by atoms with van der Waals surface area (Å²) in [5.74, 6) is -0.213. The third-order valence-corrected chi connectivity index (χ3v) is 3.70. The maximum atomic E-state index is 12.4. The van der Waals surface area contributed by atoms with Gasteiger partial charge in [0.2, 0.25) is 5.91 Å². The van der Waals surface area contributed by atoms with Crippen molar-refractivity contribution in [3.63, 3.8) is 0 Å². The second-order valence-corrected chi connectivity index (χ2v) is 5.75. The zero-order valence-electron chi connectivity index (χ0n) is 12.8. The van der Waals surface area contributed by atoms with E-state index in [2.05, 4.69) is 5.32 Å². The number of carbonyl (C=O) groups is 2. The summed E-state index contributed by atoms with van der Waals surface area (Å²) in [5.41, 5.74) is 1.43. The molecule has 0 aliphatic carbocycles. The number of likely N-dealkylation sites (N-methyl/N-ethyl adjacent to an activating group) is 1. The van der Waals surface area contributed by atoms with Gasteiger partial charge in [-0.05, 0) is 30.7 Å². The summed E-state index contributed by atoms with van der Waals surface area (Å²) in [6.07, 6.45) is 0. The molecule has 0 atom stereocenters. The Labute approximate surface area is 142 Å². The molecule has 1 aromatic rings. The highest BCUT2D eigenvalue weighted by Crippen LogP contribution is 2.16. The third kappa shape index (κ3) is 4.87. The van der Waals surface area contributed by atoms with Crippen molar-refractivity contribution in [2.45, 2.75) is 6.92 Å². The number of hydrogen-bond acceptors (Lipinski definition) is 3. The van der Waals surface area contributed by atoms with Crippen molar-refractivity contribution in [3.8, 4) is 0 Å². The molecule has 0 aromatic heterocycles. The number of hydrogen-bond donors (Lipinski definition) is 1. The van der Waals surface area contributed by atoms with Crippen LogP contribution in [0, 0.1) is 6.92 Å². The van der Waals surface area contributed by atoms with Gasteiger partial charge in [-0.3, -0.25) is 9.59 Å². The Bertz CT molecular complexity index is 525. The van der Waals surface area contributed by atoms with E-state index < -0.39 is 0 Å². The number of nitrogens with zero attached hydrogens (tertiary/aromatic N) is 2. The largest absolute Gasteiger partial charge is 0.339 e. The number of benzene rings is 1. The molecule has 7 heteroatoms. The monoisotopic (exact) mass is 345 g/mol. The van der Waals surface area contributed by atoms with Crippen LogP contribution < -0.4 is 5.32 Å². The van der Waals surface area contributed by atoms with Crippen LogP contribution in [0.25, 0.3) is 0 Å². The highest BCUT2D eigenvalue weighted by atomic mass is 35.5. The summed E-state index contributed by atoms with van der Waals surface area (Å²) >= 11 is 5.97. The lowest BCUT2D eigenvalue weighted by molar-refractivity contribution is -0.132. The van der Waals surface area contributed by atoms with Crippen LogP contribution in [0.2, 0.25) is 5.02 Å². The Morgan fingerprint density at radius 1 is 1.27 bits per heavy atom. The molecule has 0 bridgehead atoms. The average molecular weight is 346 g/mol. The van der Waals surface area contributed by atoms with Gasteiger partial charge in [-0.25, -0.2) is 0 Å². The highest BCUT2D eigenvalue weighted by Gasteiger charge is 2.21. The molecule has 0 saturated carbocycles. The molecule has 1 aliphatic rings. The number of piperazine rings is 1. The topological polar surface area (TPSA) is 52.7 Å². The number of carbonyl (C=O) groups excluding carboxylic acids is 2. The summed E-state index contributed by atoms with van der Waals surface area (Å²) in [4.78, 5) is 27.7. The molecule has 0 spiro atoms. The van der Waals surface area contributed by atoms with Gasteiger partial charge in [0.15, 0.2) is 0 Å². The van der Waals surface area contributed by atoms with Crippen LogP contribution in [-0.2, 0) is 4.79 Å². The zero-order valence-corrected chi connectivity index (χ0v) is 14.3. The first kappa shape index (κ1) is 18.7. The molecule has 0 unspecified atom stereocenters. The van der Waals surface area contributed by atoms with Crippen LogP contribution in [0.3, 0.4) is 0 Å². The van der Waals surface area contributed by atoms with Crippen molar-refractivity contribution in [3.05, 3.63) is 34.3 Å². The SMILES string of the molecule is Cc1cc(Cl)cc(C(=O)N(C)CC(=O)N2CCNCC2)c1.Cl. The number of nitrogens with one attached hydrogen (secondary N) is 1. The van der Waals surface area contributed by atoms with Crippen LogP contribution in [0.4, 0.5) is 0 Å². The first-order valence-corrected chi connectivity index (χ1v) is 7.36. The van der Waals surface area contributed by atoms with Crippen molar-refractivity contribution in [2.75, 3.05) is 39.8 Å². The molecule has 2 rings (SSSR count). The number of rotatable bonds is 3. The van der Waals surface area contributed by atoms with Crippen molar-refractivity contribution < 1.29 is 9.59 Å². The molecule has 1 heterocycles. The predicted molar refractivity (Wildman–Crippen MR) is 89.8 cm³/mol. The molecule has 1 aromatic carbocycles. The Morgan fingerprint density at radius 2 is 1.91 bits per heavy atom. The van der Waals surface area contributed by atoms with Crippen molar-refractivity contribution in [1.29, 1.82) is 0 Å². The van der Waals surface area contributed by atoms with Gasteiger partial charge >= 0.3 is 0 Å². The van der Waals surface area contributed by atoms with E-state index in [4.69, 9.17) is 11.6 Å². The predicted octanol–water partition coefficient (Wildman–Crippen LogP) is 1.57. The van der Waals surface area contributed by atoms with E-state index in [1.165, 1.54) is 4.90 Å². The lowest BCUT2D eigenvalue weighted by atomic mass is 10.1. The molecule has 122 valence electrons. The Hall–Kier alpha value is -1.30. The molecule has 2 amide bonds. The fourth-order valence-electron chi connectivity index (χ4n) is 2.37. The Balaban J connectivity index is 0.00000242. The molecule has 1 saturated heterocycles. The molecular formula is C15H21Cl2N3O2. The van der Waals surface area contributed by atoms with Crippen molar-refractivity contribution >= 4 is 35.8 Å². The minimum absolute atomic E-state index is 0. The van der Waals surface area contributed by atoms with Crippen molar-refractivity contribution in [2.24, 2.45) is 0 Å². The minimum atomic E-state index is -0.191. The van der Waals surface area contributed by atoms with Gasteiger partial charge in [0, 0.05) is 43.8 Å². The number of amides is 2. The first-order valence-electron chi connectivity index (χ1n) is 6.98. The molecular weight excluding hydrogens is 325 g/mol. The van der Waals surface area contributed by atoms with Gasteiger partial charge in [-0.2, -0.15) is 0 Å². The van der Waals surface area contributed by atoms with Crippen LogP contribution in [0.1, 0.15) is 15.9 Å². The Kier molecular flexibility index (Phi) is 7.13. The number of aryl methyl sites for hydroxylation is 1. The zero-order chi connectivity index (χ0) is 15.4. The molecule has 1 fully saturated rings. The summed E-state index contributed by atoms with van der Waals surface area (Å²) < 4.78 is 0. The van der Waals surface area contributed by atoms with E-state index in [0.717, 1.165) is 18.7 Å². The maximum absolute atomic E-state index is 12.4. The molecule has 1 aliphatic heterocycles. The van der Waals surface area contributed by atoms with Gasteiger partial charge < -0.3 is 15.1 Å². The fraction of sp³-hybridized carbons (Fsp3) is 0.467. The summed E-state index contributed by atoms with van der Waals surface area (Å²) in [6.45, 7) is 4.96. The van der Waals surface area contributed by atoms with Crippen molar-refractivity contribution in [1.82, 2.24) is 15.1 Å². The van der Waals surface area contributed by atoms with E-state index in [-0.39, 0.29) is 30.8 Å². The van der Waals surface area contributed by atoms with Crippen LogP contribution >= 0.6 is 24.0 Å². The van der Waals surface area contributed by atoms with Gasteiger partial charge in [-0.1, -0.05) is 11.6 Å². The standard InChI is InChI=1S/C15H20ClN3O2.ClH/c1-11-7-12(9-13(16)8-11)15(21)18(2)10-14(20)19-5-3-17-4-6-19;/h7-9,17H,3-6,10H2,1-2H3;1H. The normalized spacial score (nSPS) is 14.2. The van der Waals surface area contributed by atoms with Gasteiger partial charge in [0.1, 0.15) is 0 Å². The fourth-order valence-corrected chi connectivity index (χ4v) is 2.66. The summed E-state index contributed by atoms with van der Waals surface area (Å²) in [6, 6.07) is 5.20. The van der Waals surface area contributed by atoms with E-state index >= 15 is 0 Å². The second kappa shape index (κ2) is 8.36. The van der Waals surface area contributed by atoms with Crippen LogP contribution in [-0.4, -0.2) is 61.4 Å². The molecule has 1 N–H and O–H groups in total. The highest BCUT2D eigenvalue weighted by molar-refractivity contribution is 6.31. The number of halogens is 2. The second-order valence-electron chi connectivity index (χ2n) is 5.31. The average Bonchev–Trinajstić information content (AvgIpc) is 2.46. The van der Waals surface area contributed by atoms with Gasteiger partial charge in [0.25, 0.3) is 5.91 Å². The molecule has 22 heavy (non-hydrogen) atoms. The maximum Gasteiger partial charge on any atom is 0.254 e. The van der Waals surface area contributed by atoms with E-state index in [1.54, 1.807) is 30.1 Å². The first-order chi connectivity index (χ1) is 9.97. The van der Waals surface area contributed by atoms with E-state index in [9.17, 15) is 9.59 Å². The molecule has 5 nitrogen and oxygen atoms in total.